The van der Waals surface area contributed by atoms with Gasteiger partial charge < -0.3 is 20.4 Å². The average Bonchev–Trinajstić information content (AvgIpc) is 2.62. The summed E-state index contributed by atoms with van der Waals surface area (Å²) in [5.74, 6) is -3.57. The molecule has 176 valence electrons. The molecule has 0 unspecified atom stereocenters. The smallest absolute Gasteiger partial charge is 0.475 e. The summed E-state index contributed by atoms with van der Waals surface area (Å²) in [5.41, 5.74) is -0.761. The predicted molar refractivity (Wildman–Crippen MR) is 93.8 cm³/mol. The molecular weight excluding hydrogens is 438 g/mol. The molecule has 31 heavy (non-hydrogen) atoms. The first-order valence-electron chi connectivity index (χ1n) is 8.97. The topological polar surface area (TPSA) is 116 Å². The molecule has 2 rings (SSSR count). The van der Waals surface area contributed by atoms with Crippen molar-refractivity contribution in [1.82, 2.24) is 20.2 Å². The van der Waals surface area contributed by atoms with Crippen molar-refractivity contribution in [2.45, 2.75) is 38.2 Å². The molecule has 0 aromatic carbocycles. The molecule has 1 aromatic rings. The summed E-state index contributed by atoms with van der Waals surface area (Å²) < 4.78 is 69.9. The van der Waals surface area contributed by atoms with Crippen LogP contribution in [0.3, 0.4) is 0 Å². The Hall–Kier alpha value is -2.48. The van der Waals surface area contributed by atoms with E-state index in [9.17, 15) is 36.2 Å². The van der Waals surface area contributed by atoms with Crippen LogP contribution < -0.4 is 5.32 Å². The van der Waals surface area contributed by atoms with Crippen molar-refractivity contribution >= 4 is 11.9 Å². The van der Waals surface area contributed by atoms with E-state index in [4.69, 9.17) is 9.90 Å². The van der Waals surface area contributed by atoms with E-state index >= 15 is 0 Å². The maximum absolute atomic E-state index is 12.7. The van der Waals surface area contributed by atoms with Gasteiger partial charge in [-0.15, -0.1) is 0 Å². The van der Waals surface area contributed by atoms with E-state index in [0.29, 0.717) is 13.0 Å². The lowest BCUT2D eigenvalue weighted by molar-refractivity contribution is -0.192. The van der Waals surface area contributed by atoms with Gasteiger partial charge in [-0.3, -0.25) is 4.79 Å². The number of hydrogen-bond donors (Lipinski definition) is 3. The van der Waals surface area contributed by atoms with Crippen LogP contribution in [0.5, 0.6) is 0 Å². The summed E-state index contributed by atoms with van der Waals surface area (Å²) >= 11 is 0. The van der Waals surface area contributed by atoms with Crippen molar-refractivity contribution in [3.63, 3.8) is 0 Å². The quantitative estimate of drug-likeness (QED) is 0.582. The Morgan fingerprint density at radius 1 is 1.23 bits per heavy atom. The molecule has 0 spiro atoms. The molecule has 14 heteroatoms. The van der Waals surface area contributed by atoms with Gasteiger partial charge >= 0.3 is 18.3 Å². The number of aromatic nitrogens is 2. The van der Waals surface area contributed by atoms with Crippen LogP contribution in [0.25, 0.3) is 0 Å². The number of carbonyl (C=O) groups excluding carboxylic acids is 1. The molecule has 3 N–H and O–H groups in total. The molecule has 0 bridgehead atoms. The van der Waals surface area contributed by atoms with Crippen LogP contribution in [0.2, 0.25) is 0 Å². The van der Waals surface area contributed by atoms with Gasteiger partial charge in [0.1, 0.15) is 11.5 Å². The first kappa shape index (κ1) is 26.6. The molecule has 1 saturated heterocycles. The third-order valence-corrected chi connectivity index (χ3v) is 4.20. The number of hydrogen-bond acceptors (Lipinski definition) is 6. The SMILES string of the molecule is Cc1cc(C(F)(F)F)nc(CCNC(=O)[C@@H]2CN(C)CC[C@H]2O)n1.O=C(O)C(F)(F)F. The van der Waals surface area contributed by atoms with Crippen molar-refractivity contribution in [3.8, 4) is 0 Å². The second-order valence-corrected chi connectivity index (χ2v) is 6.88. The van der Waals surface area contributed by atoms with Gasteiger partial charge in [-0.05, 0) is 26.5 Å². The van der Waals surface area contributed by atoms with Gasteiger partial charge in [0.25, 0.3) is 0 Å². The summed E-state index contributed by atoms with van der Waals surface area (Å²) in [6, 6.07) is 0.885. The third-order valence-electron chi connectivity index (χ3n) is 4.20. The predicted octanol–water partition coefficient (Wildman–Crippen LogP) is 1.41. The van der Waals surface area contributed by atoms with Crippen molar-refractivity contribution in [2.75, 3.05) is 26.7 Å². The van der Waals surface area contributed by atoms with Crippen LogP contribution in [0.1, 0.15) is 23.6 Å². The van der Waals surface area contributed by atoms with Crippen LogP contribution in [0.4, 0.5) is 26.3 Å². The number of rotatable bonds is 4. The highest BCUT2D eigenvalue weighted by atomic mass is 19.4. The van der Waals surface area contributed by atoms with E-state index in [1.54, 1.807) is 0 Å². The number of amides is 1. The van der Waals surface area contributed by atoms with Gasteiger partial charge in [0, 0.05) is 31.7 Å². The Bertz CT molecular complexity index is 772. The Balaban J connectivity index is 0.000000592. The van der Waals surface area contributed by atoms with Gasteiger partial charge in [-0.2, -0.15) is 26.3 Å². The molecule has 1 aliphatic rings. The number of aliphatic hydroxyl groups excluding tert-OH is 1. The van der Waals surface area contributed by atoms with Crippen molar-refractivity contribution in [1.29, 1.82) is 0 Å². The Kier molecular flexibility index (Phi) is 9.17. The van der Waals surface area contributed by atoms with Crippen molar-refractivity contribution < 1.29 is 46.1 Å². The molecule has 1 aliphatic heterocycles. The summed E-state index contributed by atoms with van der Waals surface area (Å²) in [6.07, 6.45) is -9.70. The summed E-state index contributed by atoms with van der Waals surface area (Å²) in [5, 5.41) is 19.7. The highest BCUT2D eigenvalue weighted by Crippen LogP contribution is 2.27. The van der Waals surface area contributed by atoms with Gasteiger partial charge in [0.05, 0.1) is 12.0 Å². The molecule has 1 amide bonds. The maximum Gasteiger partial charge on any atom is 0.490 e. The fraction of sp³-hybridized carbons (Fsp3) is 0.647. The number of halogens is 6. The first-order chi connectivity index (χ1) is 14.1. The molecule has 8 nitrogen and oxygen atoms in total. The number of piperidine rings is 1. The van der Waals surface area contributed by atoms with E-state index in [1.807, 2.05) is 11.9 Å². The zero-order valence-electron chi connectivity index (χ0n) is 16.6. The number of nitrogens with one attached hydrogen (secondary N) is 1. The lowest BCUT2D eigenvalue weighted by atomic mass is 9.94. The van der Waals surface area contributed by atoms with Gasteiger partial charge in [-0.1, -0.05) is 0 Å². The monoisotopic (exact) mass is 460 g/mol. The fourth-order valence-corrected chi connectivity index (χ4v) is 2.68. The molecule has 0 aliphatic carbocycles. The number of aliphatic hydroxyl groups is 1. The minimum absolute atomic E-state index is 0.0314. The van der Waals surface area contributed by atoms with E-state index in [1.165, 1.54) is 6.92 Å². The number of nitrogens with zero attached hydrogens (tertiary/aromatic N) is 3. The fourth-order valence-electron chi connectivity index (χ4n) is 2.68. The molecular formula is C17H22F6N4O4. The van der Waals surface area contributed by atoms with Crippen molar-refractivity contribution in [3.05, 3.63) is 23.3 Å². The number of carbonyl (C=O) groups is 2. The number of carboxylic acid groups (broad SMARTS) is 1. The molecule has 2 heterocycles. The zero-order valence-corrected chi connectivity index (χ0v) is 16.6. The lowest BCUT2D eigenvalue weighted by Gasteiger charge is -2.32. The highest BCUT2D eigenvalue weighted by molar-refractivity contribution is 5.79. The number of likely N-dealkylation sites (tertiary alicyclic amines) is 1. The Morgan fingerprint density at radius 3 is 2.32 bits per heavy atom. The summed E-state index contributed by atoms with van der Waals surface area (Å²) in [4.78, 5) is 30.4. The number of aryl methyl sites for hydroxylation is 1. The standard InChI is InChI=1S/C15H21F3N4O2.C2HF3O2/c1-9-7-12(15(16,17)18)21-13(20-9)3-5-19-14(24)10-8-22(2)6-4-11(10)23;3-2(4,5)1(6)7/h7,10-11,23H,3-6,8H2,1-2H3,(H,19,24);(H,6,7)/t10-,11-;/m1./s1. The highest BCUT2D eigenvalue weighted by Gasteiger charge is 2.38. The van der Waals surface area contributed by atoms with Crippen LogP contribution in [-0.2, 0) is 22.2 Å². The van der Waals surface area contributed by atoms with Gasteiger partial charge in [0.15, 0.2) is 0 Å². The Morgan fingerprint density at radius 2 is 1.81 bits per heavy atom. The van der Waals surface area contributed by atoms with Crippen LogP contribution in [0, 0.1) is 12.8 Å². The summed E-state index contributed by atoms with van der Waals surface area (Å²) in [6.45, 7) is 2.76. The van der Waals surface area contributed by atoms with Gasteiger partial charge in [0.2, 0.25) is 5.91 Å². The van der Waals surface area contributed by atoms with Crippen LogP contribution in [-0.4, -0.2) is 75.9 Å². The summed E-state index contributed by atoms with van der Waals surface area (Å²) in [7, 11) is 1.87. The minimum atomic E-state index is -5.08. The van der Waals surface area contributed by atoms with Crippen LogP contribution >= 0.6 is 0 Å². The van der Waals surface area contributed by atoms with E-state index < -0.39 is 36.0 Å². The number of carboxylic acids is 1. The Labute approximate surface area is 173 Å². The molecule has 2 atom stereocenters. The average molecular weight is 460 g/mol. The van der Waals surface area contributed by atoms with E-state index in [2.05, 4.69) is 15.3 Å². The maximum atomic E-state index is 12.7. The largest absolute Gasteiger partial charge is 0.490 e. The lowest BCUT2D eigenvalue weighted by Crippen LogP contribution is -2.49. The van der Waals surface area contributed by atoms with E-state index in [0.717, 1.165) is 12.6 Å². The number of aliphatic carboxylic acids is 1. The zero-order chi connectivity index (χ0) is 24.0. The normalized spacial score (nSPS) is 19.9. The van der Waals surface area contributed by atoms with Gasteiger partial charge in [-0.25, -0.2) is 14.8 Å². The molecule has 1 aromatic heterocycles. The third kappa shape index (κ3) is 9.04. The minimum Gasteiger partial charge on any atom is -0.475 e. The number of alkyl halides is 6. The van der Waals surface area contributed by atoms with Crippen LogP contribution in [0.15, 0.2) is 6.07 Å². The van der Waals surface area contributed by atoms with E-state index in [-0.39, 0.29) is 30.4 Å². The molecule has 0 saturated carbocycles. The second-order valence-electron chi connectivity index (χ2n) is 6.88. The molecule has 1 fully saturated rings. The molecule has 0 radical (unpaired) electrons. The van der Waals surface area contributed by atoms with Crippen molar-refractivity contribution in [2.24, 2.45) is 5.92 Å². The first-order valence-corrected chi connectivity index (χ1v) is 8.97. The second kappa shape index (κ2) is 10.7.